The lowest BCUT2D eigenvalue weighted by Gasteiger charge is -2.35. The number of para-hydroxylation sites is 2. The molecule has 0 radical (unpaired) electrons. The highest BCUT2D eigenvalue weighted by Crippen LogP contribution is 2.55. The van der Waals surface area contributed by atoms with Crippen LogP contribution in [0.5, 0.6) is 11.5 Å². The fraction of sp³-hybridized carbons (Fsp3) is 0.429. The molecule has 3 heterocycles. The first-order valence-electron chi connectivity index (χ1n) is 18.5. The quantitative estimate of drug-likeness (QED) is 0.123. The lowest BCUT2D eigenvalue weighted by atomic mass is 10.00. The van der Waals surface area contributed by atoms with Crippen LogP contribution in [0.4, 0.5) is 22.7 Å². The molecule has 0 N–H and O–H groups in total. The largest absolute Gasteiger partial charge is 0.489 e. The van der Waals surface area contributed by atoms with Crippen molar-refractivity contribution in [3.63, 3.8) is 0 Å². The van der Waals surface area contributed by atoms with Crippen LogP contribution in [0.25, 0.3) is 11.1 Å². The second-order valence-corrected chi connectivity index (χ2v) is 15.5. The molecular formula is C42H50N2O2S2. The molecule has 0 fully saturated rings. The fourth-order valence-electron chi connectivity index (χ4n) is 7.26. The summed E-state index contributed by atoms with van der Waals surface area (Å²) in [7, 11) is 0. The van der Waals surface area contributed by atoms with Crippen molar-refractivity contribution in [3.05, 3.63) is 72.8 Å². The zero-order valence-corrected chi connectivity index (χ0v) is 30.4. The summed E-state index contributed by atoms with van der Waals surface area (Å²) in [5, 5.41) is 0. The number of rotatable bonds is 14. The molecule has 7 rings (SSSR count). The predicted octanol–water partition coefficient (Wildman–Crippen LogP) is 13.1. The summed E-state index contributed by atoms with van der Waals surface area (Å²) < 4.78 is 13.0. The molecule has 0 aliphatic carbocycles. The smallest absolute Gasteiger partial charge is 0.129 e. The number of anilines is 4. The standard InChI is InChI=1S/C42H50N2O2S2/c1-3-5-7-9-11-17-23-43-33-19-13-15-21-39(33)47-41-27-31-32-28-42-36(30-38(32)46-26-25-45-37(31)29-35(41)43)44(24-18-12-10-8-6-4-2)34-20-14-16-22-40(34)48-42/h13-16,19-22,27-30H,3-12,17-18,23-26H2,1-2H3. The van der Waals surface area contributed by atoms with Gasteiger partial charge in [-0.15, -0.1) is 0 Å². The molecule has 252 valence electrons. The number of unbranched alkanes of at least 4 members (excludes halogenated alkanes) is 10. The highest BCUT2D eigenvalue weighted by atomic mass is 32.2. The molecule has 3 aliphatic rings. The summed E-state index contributed by atoms with van der Waals surface area (Å²) in [6, 6.07) is 27.1. The molecule has 0 saturated carbocycles. The zero-order valence-electron chi connectivity index (χ0n) is 28.8. The van der Waals surface area contributed by atoms with Gasteiger partial charge in [0.1, 0.15) is 24.7 Å². The number of nitrogens with zero attached hydrogens (tertiary/aromatic N) is 2. The summed E-state index contributed by atoms with van der Waals surface area (Å²) in [5.74, 6) is 1.91. The Bertz CT molecular complexity index is 1580. The van der Waals surface area contributed by atoms with E-state index in [4.69, 9.17) is 9.47 Å². The molecule has 0 amide bonds. The molecule has 0 bridgehead atoms. The van der Waals surface area contributed by atoms with Gasteiger partial charge < -0.3 is 19.3 Å². The Balaban J connectivity index is 1.22. The summed E-state index contributed by atoms with van der Waals surface area (Å²) in [6.07, 6.45) is 15.5. The summed E-state index contributed by atoms with van der Waals surface area (Å²) in [4.78, 5) is 10.3. The van der Waals surface area contributed by atoms with E-state index in [0.717, 1.165) is 35.7 Å². The SMILES string of the molecule is CCCCCCCCN1c2ccccc2Sc2cc3c(cc21)OCCOc1cc2c(cc1-3)Sc1ccccc1N2CCCCCCCC. The Hall–Kier alpha value is -3.22. The van der Waals surface area contributed by atoms with Crippen LogP contribution in [0.15, 0.2) is 92.4 Å². The minimum Gasteiger partial charge on any atom is -0.489 e. The molecule has 0 spiro atoms. The lowest BCUT2D eigenvalue weighted by molar-refractivity contribution is 0.214. The van der Waals surface area contributed by atoms with Crippen LogP contribution in [-0.2, 0) is 0 Å². The number of benzene rings is 4. The van der Waals surface area contributed by atoms with Crippen molar-refractivity contribution in [2.24, 2.45) is 0 Å². The predicted molar refractivity (Wildman–Crippen MR) is 205 cm³/mol. The third kappa shape index (κ3) is 7.21. The van der Waals surface area contributed by atoms with Crippen molar-refractivity contribution >= 4 is 46.3 Å². The van der Waals surface area contributed by atoms with Crippen molar-refractivity contribution < 1.29 is 9.47 Å². The summed E-state index contributed by atoms with van der Waals surface area (Å²) >= 11 is 3.76. The first-order chi connectivity index (χ1) is 23.7. The van der Waals surface area contributed by atoms with Crippen molar-refractivity contribution in [2.75, 3.05) is 36.1 Å². The van der Waals surface area contributed by atoms with E-state index in [1.54, 1.807) is 0 Å². The number of hydrogen-bond acceptors (Lipinski definition) is 6. The summed E-state index contributed by atoms with van der Waals surface area (Å²) in [5.41, 5.74) is 7.40. The van der Waals surface area contributed by atoms with Gasteiger partial charge in [0.25, 0.3) is 0 Å². The van der Waals surface area contributed by atoms with Gasteiger partial charge in [-0.2, -0.15) is 0 Å². The molecule has 0 atom stereocenters. The molecule has 3 aliphatic heterocycles. The van der Waals surface area contributed by atoms with E-state index in [0.29, 0.717) is 13.2 Å². The molecule has 6 heteroatoms. The Labute approximate surface area is 296 Å². The fourth-order valence-corrected chi connectivity index (χ4v) is 9.49. The Morgan fingerprint density at radius 2 is 0.896 bits per heavy atom. The minimum atomic E-state index is 0.530. The Morgan fingerprint density at radius 1 is 0.479 bits per heavy atom. The molecule has 0 unspecified atom stereocenters. The van der Waals surface area contributed by atoms with Gasteiger partial charge in [0.2, 0.25) is 0 Å². The van der Waals surface area contributed by atoms with Crippen molar-refractivity contribution in [1.29, 1.82) is 0 Å². The van der Waals surface area contributed by atoms with E-state index in [1.807, 2.05) is 23.5 Å². The van der Waals surface area contributed by atoms with Gasteiger partial charge >= 0.3 is 0 Å². The molecule has 4 aromatic carbocycles. The maximum atomic E-state index is 6.49. The number of ether oxygens (including phenoxy) is 2. The average Bonchev–Trinajstić information content (AvgIpc) is 3.11. The third-order valence-corrected chi connectivity index (χ3v) is 12.0. The second kappa shape index (κ2) is 16.0. The van der Waals surface area contributed by atoms with E-state index in [2.05, 4.69) is 96.4 Å². The normalized spacial score (nSPS) is 14.3. The van der Waals surface area contributed by atoms with Crippen LogP contribution in [0.3, 0.4) is 0 Å². The Kier molecular flexibility index (Phi) is 11.1. The van der Waals surface area contributed by atoms with Gasteiger partial charge in [0.15, 0.2) is 0 Å². The van der Waals surface area contributed by atoms with E-state index in [-0.39, 0.29) is 0 Å². The first kappa shape index (κ1) is 33.3. The average molecular weight is 679 g/mol. The Morgan fingerprint density at radius 3 is 1.35 bits per heavy atom. The van der Waals surface area contributed by atoms with E-state index in [9.17, 15) is 0 Å². The molecular weight excluding hydrogens is 629 g/mol. The van der Waals surface area contributed by atoms with E-state index < -0.39 is 0 Å². The molecule has 48 heavy (non-hydrogen) atoms. The van der Waals surface area contributed by atoms with Gasteiger partial charge in [-0.25, -0.2) is 0 Å². The van der Waals surface area contributed by atoms with Gasteiger partial charge in [0.05, 0.1) is 22.7 Å². The van der Waals surface area contributed by atoms with Crippen LogP contribution in [-0.4, -0.2) is 26.3 Å². The number of fused-ring (bicyclic) bond motifs is 7. The summed E-state index contributed by atoms with van der Waals surface area (Å²) in [6.45, 7) is 7.68. The third-order valence-electron chi connectivity index (χ3n) is 9.82. The van der Waals surface area contributed by atoms with Crippen LogP contribution in [0.2, 0.25) is 0 Å². The van der Waals surface area contributed by atoms with Gasteiger partial charge in [-0.05, 0) is 49.2 Å². The van der Waals surface area contributed by atoms with E-state index >= 15 is 0 Å². The number of hydrogen-bond donors (Lipinski definition) is 0. The second-order valence-electron chi connectivity index (χ2n) is 13.3. The molecule has 0 aromatic heterocycles. The van der Waals surface area contributed by atoms with Crippen molar-refractivity contribution in [3.8, 4) is 22.6 Å². The monoisotopic (exact) mass is 678 g/mol. The van der Waals surface area contributed by atoms with Crippen LogP contribution in [0, 0.1) is 0 Å². The lowest BCUT2D eigenvalue weighted by Crippen LogP contribution is -2.23. The zero-order chi connectivity index (χ0) is 32.7. The first-order valence-corrected chi connectivity index (χ1v) is 20.1. The maximum Gasteiger partial charge on any atom is 0.129 e. The van der Waals surface area contributed by atoms with E-state index in [1.165, 1.54) is 119 Å². The van der Waals surface area contributed by atoms with Crippen LogP contribution >= 0.6 is 23.5 Å². The van der Waals surface area contributed by atoms with Crippen molar-refractivity contribution in [1.82, 2.24) is 0 Å². The molecule has 4 aromatic rings. The highest BCUT2D eigenvalue weighted by Gasteiger charge is 2.30. The maximum absolute atomic E-state index is 6.49. The van der Waals surface area contributed by atoms with Crippen LogP contribution in [0.1, 0.15) is 90.9 Å². The topological polar surface area (TPSA) is 24.9 Å². The van der Waals surface area contributed by atoms with Crippen LogP contribution < -0.4 is 19.3 Å². The molecule has 0 saturated heterocycles. The van der Waals surface area contributed by atoms with Crippen molar-refractivity contribution in [2.45, 2.75) is 110 Å². The highest BCUT2D eigenvalue weighted by molar-refractivity contribution is 8.00. The van der Waals surface area contributed by atoms with Gasteiger partial charge in [-0.1, -0.05) is 126 Å². The van der Waals surface area contributed by atoms with Gasteiger partial charge in [0, 0.05) is 55.9 Å². The molecule has 4 nitrogen and oxygen atoms in total. The minimum absolute atomic E-state index is 0.530. The van der Waals surface area contributed by atoms with Gasteiger partial charge in [-0.3, -0.25) is 0 Å².